The Morgan fingerprint density at radius 1 is 1.30 bits per heavy atom. The first-order valence-corrected chi connectivity index (χ1v) is 9.41. The maximum Gasteiger partial charge on any atom is 0.197 e. The summed E-state index contributed by atoms with van der Waals surface area (Å²) in [6.07, 6.45) is 4.86. The van der Waals surface area contributed by atoms with Gasteiger partial charge in [-0.2, -0.15) is 11.8 Å². The minimum Gasteiger partial charge on any atom is -0.461 e. The fourth-order valence-corrected chi connectivity index (χ4v) is 4.34. The average molecular weight is 330 g/mol. The van der Waals surface area contributed by atoms with Crippen LogP contribution in [0, 0.1) is 0 Å². The largest absolute Gasteiger partial charge is 0.461 e. The summed E-state index contributed by atoms with van der Waals surface area (Å²) in [4.78, 5) is 12.0. The van der Waals surface area contributed by atoms with Gasteiger partial charge in [-0.25, -0.2) is 9.97 Å². The quantitative estimate of drug-likeness (QED) is 0.934. The smallest absolute Gasteiger partial charge is 0.197 e. The van der Waals surface area contributed by atoms with Crippen molar-refractivity contribution in [2.24, 2.45) is 0 Å². The number of furan rings is 1. The molecule has 0 spiro atoms. The monoisotopic (exact) mass is 330 g/mol. The minimum absolute atomic E-state index is 0.518. The lowest BCUT2D eigenvalue weighted by atomic mass is 10.1. The van der Waals surface area contributed by atoms with Crippen LogP contribution in [0.3, 0.4) is 0 Å². The van der Waals surface area contributed by atoms with Gasteiger partial charge in [-0.1, -0.05) is 0 Å². The van der Waals surface area contributed by atoms with E-state index in [9.17, 15) is 0 Å². The Balaban J connectivity index is 1.73. The van der Waals surface area contributed by atoms with Crippen molar-refractivity contribution in [2.45, 2.75) is 25.3 Å². The third-order valence-electron chi connectivity index (χ3n) is 4.58. The number of hydrogen-bond donors (Lipinski definition) is 1. The summed E-state index contributed by atoms with van der Waals surface area (Å²) in [5.74, 6) is 4.86. The summed E-state index contributed by atoms with van der Waals surface area (Å²) in [5.41, 5.74) is 2.46. The van der Waals surface area contributed by atoms with E-state index < -0.39 is 0 Å². The van der Waals surface area contributed by atoms with Gasteiger partial charge in [0.1, 0.15) is 5.82 Å². The molecule has 0 saturated carbocycles. The molecule has 0 aliphatic carbocycles. The molecule has 2 aliphatic rings. The number of aromatic nitrogens is 2. The Kier molecular flexibility index (Phi) is 4.27. The molecule has 1 fully saturated rings. The predicted octanol–water partition coefficient (Wildman–Crippen LogP) is 2.68. The predicted molar refractivity (Wildman–Crippen MR) is 94.0 cm³/mol. The van der Waals surface area contributed by atoms with Crippen LogP contribution in [-0.4, -0.2) is 52.6 Å². The number of nitrogens with one attached hydrogen (secondary N) is 1. The third-order valence-corrected chi connectivity index (χ3v) is 5.74. The van der Waals surface area contributed by atoms with Crippen molar-refractivity contribution in [1.82, 2.24) is 14.9 Å². The van der Waals surface area contributed by atoms with Gasteiger partial charge in [0.05, 0.1) is 12.0 Å². The zero-order valence-corrected chi connectivity index (χ0v) is 14.2. The van der Waals surface area contributed by atoms with E-state index in [4.69, 9.17) is 14.4 Å². The highest BCUT2D eigenvalue weighted by atomic mass is 32.2. The summed E-state index contributed by atoms with van der Waals surface area (Å²) in [6.45, 7) is 2.10. The maximum absolute atomic E-state index is 5.52. The van der Waals surface area contributed by atoms with Gasteiger partial charge in [0.15, 0.2) is 11.6 Å². The molecule has 6 heteroatoms. The molecule has 0 aromatic carbocycles. The number of nitrogens with zero attached hydrogens (tertiary/aromatic N) is 3. The molecule has 2 aromatic rings. The summed E-state index contributed by atoms with van der Waals surface area (Å²) in [7, 11) is 2.17. The molecule has 1 N–H and O–H groups in total. The molecule has 4 heterocycles. The number of hydrogen-bond acceptors (Lipinski definition) is 6. The van der Waals surface area contributed by atoms with Gasteiger partial charge in [0, 0.05) is 36.9 Å². The number of fused-ring (bicyclic) bond motifs is 1. The van der Waals surface area contributed by atoms with E-state index in [2.05, 4.69) is 17.3 Å². The van der Waals surface area contributed by atoms with E-state index >= 15 is 0 Å². The van der Waals surface area contributed by atoms with E-state index in [0.29, 0.717) is 11.9 Å². The standard InChI is InChI=1S/C17H22N4OS/c1-21-7-4-13-14(5-8-21)19-17(15-3-2-9-22-15)20-16(13)18-12-6-10-23-11-12/h2-3,9,12H,4-8,10-11H2,1H3,(H,18,19,20). The van der Waals surface area contributed by atoms with E-state index in [1.165, 1.54) is 23.4 Å². The highest BCUT2D eigenvalue weighted by Crippen LogP contribution is 2.28. The van der Waals surface area contributed by atoms with E-state index in [-0.39, 0.29) is 0 Å². The zero-order valence-electron chi connectivity index (χ0n) is 13.4. The highest BCUT2D eigenvalue weighted by Gasteiger charge is 2.23. The highest BCUT2D eigenvalue weighted by molar-refractivity contribution is 7.99. The van der Waals surface area contributed by atoms with Crippen LogP contribution >= 0.6 is 11.8 Å². The third kappa shape index (κ3) is 3.23. The molecule has 0 amide bonds. The number of likely N-dealkylation sites (N-methyl/N-ethyl adjacent to an activating group) is 1. The van der Waals surface area contributed by atoms with Crippen molar-refractivity contribution in [3.05, 3.63) is 29.7 Å². The van der Waals surface area contributed by atoms with E-state index in [1.807, 2.05) is 23.9 Å². The van der Waals surface area contributed by atoms with E-state index in [0.717, 1.165) is 43.3 Å². The lowest BCUT2D eigenvalue weighted by Crippen LogP contribution is -2.22. The first-order chi connectivity index (χ1) is 11.3. The normalized spacial score (nSPS) is 21.9. The first kappa shape index (κ1) is 15.0. The molecule has 2 aromatic heterocycles. The Hall–Kier alpha value is -1.53. The minimum atomic E-state index is 0.518. The fraction of sp³-hybridized carbons (Fsp3) is 0.529. The molecule has 1 unspecified atom stereocenters. The van der Waals surface area contributed by atoms with Gasteiger partial charge in [-0.05, 0) is 37.8 Å². The molecule has 122 valence electrons. The van der Waals surface area contributed by atoms with E-state index in [1.54, 1.807) is 6.26 Å². The van der Waals surface area contributed by atoms with Gasteiger partial charge in [-0.3, -0.25) is 0 Å². The van der Waals surface area contributed by atoms with Crippen LogP contribution in [0.15, 0.2) is 22.8 Å². The summed E-state index contributed by atoms with van der Waals surface area (Å²) in [5, 5.41) is 3.68. The van der Waals surface area contributed by atoms with Gasteiger partial charge in [0.25, 0.3) is 0 Å². The van der Waals surface area contributed by atoms with Crippen molar-refractivity contribution in [2.75, 3.05) is 37.0 Å². The maximum atomic E-state index is 5.52. The van der Waals surface area contributed by atoms with Crippen LogP contribution in [0.2, 0.25) is 0 Å². The Morgan fingerprint density at radius 2 is 2.22 bits per heavy atom. The Morgan fingerprint density at radius 3 is 3.00 bits per heavy atom. The zero-order chi connectivity index (χ0) is 15.6. The molecule has 23 heavy (non-hydrogen) atoms. The van der Waals surface area contributed by atoms with Crippen LogP contribution in [0.25, 0.3) is 11.6 Å². The topological polar surface area (TPSA) is 54.2 Å². The van der Waals surface area contributed by atoms with Crippen LogP contribution in [0.1, 0.15) is 17.7 Å². The van der Waals surface area contributed by atoms with Gasteiger partial charge in [0.2, 0.25) is 0 Å². The molecule has 2 aliphatic heterocycles. The number of thioether (sulfide) groups is 1. The first-order valence-electron chi connectivity index (χ1n) is 8.26. The SMILES string of the molecule is CN1CCc2nc(-c3ccco3)nc(NC3CCSC3)c2CC1. The van der Waals surface area contributed by atoms with Crippen molar-refractivity contribution < 1.29 is 4.42 Å². The molecular formula is C17H22N4OS. The summed E-state index contributed by atoms with van der Waals surface area (Å²) in [6, 6.07) is 4.34. The molecule has 1 atom stereocenters. The number of rotatable bonds is 3. The van der Waals surface area contributed by atoms with Crippen molar-refractivity contribution in [3.63, 3.8) is 0 Å². The Labute approximate surface area is 140 Å². The van der Waals surface area contributed by atoms with Gasteiger partial charge < -0.3 is 14.6 Å². The molecular weight excluding hydrogens is 308 g/mol. The van der Waals surface area contributed by atoms with Crippen molar-refractivity contribution >= 4 is 17.6 Å². The fourth-order valence-electron chi connectivity index (χ4n) is 3.19. The lowest BCUT2D eigenvalue weighted by Gasteiger charge is -2.17. The van der Waals surface area contributed by atoms with Crippen LogP contribution in [0.4, 0.5) is 5.82 Å². The van der Waals surface area contributed by atoms with Crippen molar-refractivity contribution in [1.29, 1.82) is 0 Å². The molecule has 0 bridgehead atoms. The second-order valence-corrected chi connectivity index (χ2v) is 7.46. The van der Waals surface area contributed by atoms with Crippen LogP contribution in [-0.2, 0) is 12.8 Å². The molecule has 0 radical (unpaired) electrons. The van der Waals surface area contributed by atoms with Crippen molar-refractivity contribution in [3.8, 4) is 11.6 Å². The second kappa shape index (κ2) is 6.53. The lowest BCUT2D eigenvalue weighted by molar-refractivity contribution is 0.352. The Bertz CT molecular complexity index is 667. The molecule has 5 nitrogen and oxygen atoms in total. The molecule has 1 saturated heterocycles. The van der Waals surface area contributed by atoms with Crippen LogP contribution in [0.5, 0.6) is 0 Å². The van der Waals surface area contributed by atoms with Gasteiger partial charge in [-0.15, -0.1) is 0 Å². The second-order valence-electron chi connectivity index (χ2n) is 6.31. The van der Waals surface area contributed by atoms with Gasteiger partial charge >= 0.3 is 0 Å². The number of anilines is 1. The summed E-state index contributed by atoms with van der Waals surface area (Å²) < 4.78 is 5.52. The molecule has 4 rings (SSSR count). The average Bonchev–Trinajstić information content (AvgIpc) is 3.22. The summed E-state index contributed by atoms with van der Waals surface area (Å²) >= 11 is 2.01. The van der Waals surface area contributed by atoms with Crippen LogP contribution < -0.4 is 5.32 Å².